The van der Waals surface area contributed by atoms with Gasteiger partial charge < -0.3 is 5.32 Å². The molecule has 1 atom stereocenters. The van der Waals surface area contributed by atoms with E-state index >= 15 is 0 Å². The second-order valence-electron chi connectivity index (χ2n) is 5.96. The molecule has 2 aliphatic rings. The van der Waals surface area contributed by atoms with Gasteiger partial charge in [-0.25, -0.2) is 0 Å². The molecule has 0 aromatic carbocycles. The van der Waals surface area contributed by atoms with Crippen LogP contribution >= 0.6 is 0 Å². The molecule has 0 saturated heterocycles. The summed E-state index contributed by atoms with van der Waals surface area (Å²) in [6, 6.07) is 5.14. The lowest BCUT2D eigenvalue weighted by molar-refractivity contribution is 0.587. The highest BCUT2D eigenvalue weighted by Gasteiger charge is 2.22. The lowest BCUT2D eigenvalue weighted by Crippen LogP contribution is -2.17. The molecule has 2 aliphatic carbocycles. The highest BCUT2D eigenvalue weighted by Crippen LogP contribution is 2.35. The first-order chi connectivity index (χ1) is 9.34. The topological polar surface area (TPSA) is 24.9 Å². The van der Waals surface area contributed by atoms with E-state index in [1.54, 1.807) is 0 Å². The number of aryl methyl sites for hydroxylation is 1. The zero-order valence-corrected chi connectivity index (χ0v) is 11.9. The Bertz CT molecular complexity index is 460. The summed E-state index contributed by atoms with van der Waals surface area (Å²) in [5.74, 6) is 0.561. The third-order valence-corrected chi connectivity index (χ3v) is 4.37. The van der Waals surface area contributed by atoms with Crippen LogP contribution in [0.3, 0.4) is 0 Å². The molecule has 2 nitrogen and oxygen atoms in total. The SMILES string of the molecule is CC(=CCCNC1CC1)C1CCCc2cccnc21. The van der Waals surface area contributed by atoms with Crippen molar-refractivity contribution in [3.8, 4) is 0 Å². The van der Waals surface area contributed by atoms with E-state index in [4.69, 9.17) is 0 Å². The van der Waals surface area contributed by atoms with Gasteiger partial charge in [0.25, 0.3) is 0 Å². The summed E-state index contributed by atoms with van der Waals surface area (Å²) in [5, 5.41) is 3.57. The van der Waals surface area contributed by atoms with Crippen molar-refractivity contribution in [2.45, 2.75) is 57.4 Å². The molecule has 2 heteroatoms. The zero-order chi connectivity index (χ0) is 13.1. The molecule has 0 aliphatic heterocycles. The van der Waals surface area contributed by atoms with Crippen LogP contribution in [-0.2, 0) is 6.42 Å². The molecule has 0 bridgehead atoms. The highest BCUT2D eigenvalue weighted by atomic mass is 14.9. The van der Waals surface area contributed by atoms with E-state index in [2.05, 4.69) is 35.4 Å². The van der Waals surface area contributed by atoms with Gasteiger partial charge in [0.2, 0.25) is 0 Å². The maximum absolute atomic E-state index is 4.63. The lowest BCUT2D eigenvalue weighted by atomic mass is 9.82. The number of pyridine rings is 1. The fourth-order valence-corrected chi connectivity index (χ4v) is 3.07. The Balaban J connectivity index is 1.62. The van der Waals surface area contributed by atoms with Crippen LogP contribution in [0.25, 0.3) is 0 Å². The van der Waals surface area contributed by atoms with E-state index in [1.807, 2.05) is 6.20 Å². The minimum atomic E-state index is 0.561. The van der Waals surface area contributed by atoms with E-state index in [1.165, 1.54) is 48.9 Å². The summed E-state index contributed by atoms with van der Waals surface area (Å²) < 4.78 is 0. The Morgan fingerprint density at radius 1 is 1.42 bits per heavy atom. The number of rotatable bonds is 5. The summed E-state index contributed by atoms with van der Waals surface area (Å²) in [6.45, 7) is 3.41. The van der Waals surface area contributed by atoms with E-state index in [9.17, 15) is 0 Å². The Kier molecular flexibility index (Phi) is 3.97. The Labute approximate surface area is 116 Å². The first-order valence-corrected chi connectivity index (χ1v) is 7.68. The van der Waals surface area contributed by atoms with Crippen LogP contribution in [0.4, 0.5) is 0 Å². The third kappa shape index (κ3) is 3.24. The minimum absolute atomic E-state index is 0.561. The van der Waals surface area contributed by atoms with Crippen LogP contribution in [-0.4, -0.2) is 17.6 Å². The van der Waals surface area contributed by atoms with Gasteiger partial charge in [-0.1, -0.05) is 17.7 Å². The summed E-state index contributed by atoms with van der Waals surface area (Å²) in [6.07, 6.45) is 12.0. The van der Waals surface area contributed by atoms with Gasteiger partial charge in [-0.2, -0.15) is 0 Å². The molecule has 1 heterocycles. The molecule has 19 heavy (non-hydrogen) atoms. The smallest absolute Gasteiger partial charge is 0.0506 e. The van der Waals surface area contributed by atoms with Crippen LogP contribution in [0, 0.1) is 0 Å². The highest BCUT2D eigenvalue weighted by molar-refractivity contribution is 5.32. The van der Waals surface area contributed by atoms with Crippen molar-refractivity contribution in [3.05, 3.63) is 41.2 Å². The van der Waals surface area contributed by atoms with Crippen molar-refractivity contribution >= 4 is 0 Å². The fourth-order valence-electron chi connectivity index (χ4n) is 3.07. The Hall–Kier alpha value is -1.15. The molecule has 1 fully saturated rings. The quantitative estimate of drug-likeness (QED) is 0.643. The van der Waals surface area contributed by atoms with Crippen molar-refractivity contribution in [2.75, 3.05) is 6.54 Å². The van der Waals surface area contributed by atoms with Crippen molar-refractivity contribution in [3.63, 3.8) is 0 Å². The molecular formula is C17H24N2. The van der Waals surface area contributed by atoms with Gasteiger partial charge in [0, 0.05) is 18.2 Å². The van der Waals surface area contributed by atoms with E-state index in [0.717, 1.165) is 19.0 Å². The molecule has 1 aromatic heterocycles. The van der Waals surface area contributed by atoms with Gasteiger partial charge in [-0.15, -0.1) is 0 Å². The van der Waals surface area contributed by atoms with Gasteiger partial charge >= 0.3 is 0 Å². The van der Waals surface area contributed by atoms with Gasteiger partial charge in [-0.3, -0.25) is 4.98 Å². The number of aromatic nitrogens is 1. The Morgan fingerprint density at radius 3 is 3.16 bits per heavy atom. The minimum Gasteiger partial charge on any atom is -0.314 e. The predicted molar refractivity (Wildman–Crippen MR) is 79.3 cm³/mol. The van der Waals surface area contributed by atoms with Crippen LogP contribution in [0.1, 0.15) is 56.2 Å². The monoisotopic (exact) mass is 256 g/mol. The first-order valence-electron chi connectivity index (χ1n) is 7.68. The van der Waals surface area contributed by atoms with Crippen LogP contribution in [0.15, 0.2) is 30.0 Å². The van der Waals surface area contributed by atoms with Crippen molar-refractivity contribution in [2.24, 2.45) is 0 Å². The van der Waals surface area contributed by atoms with Gasteiger partial charge in [0.15, 0.2) is 0 Å². The molecular weight excluding hydrogens is 232 g/mol. The van der Waals surface area contributed by atoms with Gasteiger partial charge in [0.1, 0.15) is 0 Å². The number of hydrogen-bond acceptors (Lipinski definition) is 2. The second-order valence-corrected chi connectivity index (χ2v) is 5.96. The van der Waals surface area contributed by atoms with Crippen molar-refractivity contribution < 1.29 is 0 Å². The molecule has 0 spiro atoms. The van der Waals surface area contributed by atoms with E-state index in [-0.39, 0.29) is 0 Å². The lowest BCUT2D eigenvalue weighted by Gasteiger charge is -2.25. The zero-order valence-electron chi connectivity index (χ0n) is 11.9. The summed E-state index contributed by atoms with van der Waals surface area (Å²) in [5.41, 5.74) is 4.30. The number of hydrogen-bond donors (Lipinski definition) is 1. The summed E-state index contributed by atoms with van der Waals surface area (Å²) in [4.78, 5) is 4.63. The summed E-state index contributed by atoms with van der Waals surface area (Å²) >= 11 is 0. The maximum atomic E-state index is 4.63. The number of fused-ring (bicyclic) bond motifs is 1. The summed E-state index contributed by atoms with van der Waals surface area (Å²) in [7, 11) is 0. The first kappa shape index (κ1) is 12.9. The normalized spacial score (nSPS) is 23.2. The predicted octanol–water partition coefficient (Wildman–Crippen LogP) is 3.59. The molecule has 1 unspecified atom stereocenters. The molecule has 1 N–H and O–H groups in total. The maximum Gasteiger partial charge on any atom is 0.0506 e. The number of nitrogens with one attached hydrogen (secondary N) is 1. The second kappa shape index (κ2) is 5.87. The molecule has 0 radical (unpaired) electrons. The molecule has 1 saturated carbocycles. The molecule has 1 aromatic rings. The average molecular weight is 256 g/mol. The fraction of sp³-hybridized carbons (Fsp3) is 0.588. The molecule has 3 rings (SSSR count). The van der Waals surface area contributed by atoms with Crippen LogP contribution < -0.4 is 5.32 Å². The van der Waals surface area contributed by atoms with Crippen molar-refractivity contribution in [1.29, 1.82) is 0 Å². The Morgan fingerprint density at radius 2 is 2.32 bits per heavy atom. The van der Waals surface area contributed by atoms with Crippen molar-refractivity contribution in [1.82, 2.24) is 10.3 Å². The van der Waals surface area contributed by atoms with Gasteiger partial charge in [-0.05, 0) is 63.6 Å². The molecule has 0 amide bonds. The molecule has 102 valence electrons. The van der Waals surface area contributed by atoms with Crippen LogP contribution in [0.5, 0.6) is 0 Å². The van der Waals surface area contributed by atoms with Crippen LogP contribution in [0.2, 0.25) is 0 Å². The standard InChI is InChI=1S/C17H24N2/c1-13(5-3-11-18-15-9-10-15)16-8-2-6-14-7-4-12-19-17(14)16/h4-5,7,12,15-16,18H,2-3,6,8-11H2,1H3. The van der Waals surface area contributed by atoms with E-state index < -0.39 is 0 Å². The third-order valence-electron chi connectivity index (χ3n) is 4.37. The van der Waals surface area contributed by atoms with Gasteiger partial charge in [0.05, 0.1) is 5.69 Å². The number of allylic oxidation sites excluding steroid dienone is 1. The van der Waals surface area contributed by atoms with E-state index in [0.29, 0.717) is 5.92 Å². The largest absolute Gasteiger partial charge is 0.314 e. The average Bonchev–Trinajstić information content (AvgIpc) is 3.27. The number of nitrogens with zero attached hydrogens (tertiary/aromatic N) is 1.